The predicted molar refractivity (Wildman–Crippen MR) is 180 cm³/mol. The molecule has 46 heavy (non-hydrogen) atoms. The maximum atomic E-state index is 15.1. The van der Waals surface area contributed by atoms with Crippen molar-refractivity contribution in [2.75, 3.05) is 4.90 Å². The smallest absolute Gasteiger partial charge is 0.262 e. The van der Waals surface area contributed by atoms with Crippen LogP contribution in [0.3, 0.4) is 0 Å². The Morgan fingerprint density at radius 1 is 0.543 bits per heavy atom. The van der Waals surface area contributed by atoms with Crippen molar-refractivity contribution in [2.24, 2.45) is 0 Å². The van der Waals surface area contributed by atoms with Gasteiger partial charge in [-0.05, 0) is 96.7 Å². The molecule has 0 N–H and O–H groups in total. The Balaban J connectivity index is 1.45. The molecule has 0 saturated heterocycles. The monoisotopic (exact) mass is 604 g/mol. The summed E-state index contributed by atoms with van der Waals surface area (Å²) < 4.78 is 38.3. The molecular formula is C40H26F2N2O2. The molecule has 2 heterocycles. The van der Waals surface area contributed by atoms with E-state index in [1.54, 1.807) is 16.7 Å². The number of nitrogens with zero attached hydrogens (tertiary/aromatic N) is 2. The van der Waals surface area contributed by atoms with E-state index in [4.69, 9.17) is 4.74 Å². The zero-order chi connectivity index (χ0) is 31.4. The highest BCUT2D eigenvalue weighted by molar-refractivity contribution is 5.98. The number of halogens is 2. The molecule has 0 saturated carbocycles. The second kappa shape index (κ2) is 10.9. The molecule has 6 heteroatoms. The fourth-order valence-corrected chi connectivity index (χ4v) is 6.34. The highest BCUT2D eigenvalue weighted by atomic mass is 19.1. The van der Waals surface area contributed by atoms with Gasteiger partial charge in [0.25, 0.3) is 5.56 Å². The Hall–Kier alpha value is -6.01. The summed E-state index contributed by atoms with van der Waals surface area (Å²) in [6.07, 6.45) is 1.85. The maximum Gasteiger partial charge on any atom is 0.262 e. The summed E-state index contributed by atoms with van der Waals surface area (Å²) in [5.74, 6) is 0.275. The van der Waals surface area contributed by atoms with Gasteiger partial charge >= 0.3 is 0 Å². The molecule has 0 radical (unpaired) electrons. The molecule has 0 fully saturated rings. The van der Waals surface area contributed by atoms with E-state index in [0.717, 1.165) is 22.3 Å². The van der Waals surface area contributed by atoms with Gasteiger partial charge < -0.3 is 9.64 Å². The van der Waals surface area contributed by atoms with Crippen LogP contribution < -0.4 is 15.2 Å². The molecule has 1 aromatic heterocycles. The zero-order valence-electron chi connectivity index (χ0n) is 24.7. The first-order valence-corrected chi connectivity index (χ1v) is 14.9. The Morgan fingerprint density at radius 2 is 1.11 bits per heavy atom. The van der Waals surface area contributed by atoms with Gasteiger partial charge in [-0.2, -0.15) is 0 Å². The van der Waals surface area contributed by atoms with Gasteiger partial charge in [0, 0.05) is 45.2 Å². The zero-order valence-corrected chi connectivity index (χ0v) is 24.7. The minimum Gasteiger partial charge on any atom is -0.456 e. The number of hydrogen-bond donors (Lipinski definition) is 0. The van der Waals surface area contributed by atoms with Gasteiger partial charge in [-0.25, -0.2) is 8.78 Å². The number of ether oxygens (including phenoxy) is 1. The largest absolute Gasteiger partial charge is 0.456 e. The Labute approximate surface area is 264 Å². The highest BCUT2D eigenvalue weighted by Gasteiger charge is 2.26. The minimum atomic E-state index is -0.402. The SMILES string of the molecule is Cc1cn(-c2ccccc2)c(=O)c2ccc(N3c4ccc(F)cc4-c4ccccc4Oc4ccccc4-c4cc(F)ccc43)cc12. The predicted octanol–water partition coefficient (Wildman–Crippen LogP) is 10.5. The van der Waals surface area contributed by atoms with Crippen molar-refractivity contribution in [3.8, 4) is 39.4 Å². The number of anilines is 3. The molecule has 7 aromatic rings. The van der Waals surface area contributed by atoms with Crippen molar-refractivity contribution >= 4 is 27.8 Å². The van der Waals surface area contributed by atoms with Crippen LogP contribution >= 0.6 is 0 Å². The third-order valence-corrected chi connectivity index (χ3v) is 8.47. The molecule has 222 valence electrons. The molecule has 1 aliphatic rings. The van der Waals surface area contributed by atoms with E-state index in [-0.39, 0.29) is 5.56 Å². The van der Waals surface area contributed by atoms with Gasteiger partial charge in [0.2, 0.25) is 0 Å². The lowest BCUT2D eigenvalue weighted by molar-refractivity contribution is 0.486. The van der Waals surface area contributed by atoms with Gasteiger partial charge in [-0.3, -0.25) is 9.36 Å². The van der Waals surface area contributed by atoms with E-state index in [9.17, 15) is 4.79 Å². The second-order valence-electron chi connectivity index (χ2n) is 11.3. The number of pyridine rings is 1. The molecule has 0 unspecified atom stereocenters. The number of benzene rings is 6. The molecule has 6 aromatic carbocycles. The first-order chi connectivity index (χ1) is 22.5. The molecular weight excluding hydrogens is 578 g/mol. The molecule has 0 bridgehead atoms. The summed E-state index contributed by atoms with van der Waals surface area (Å²) in [5.41, 5.74) is 6.21. The summed E-state index contributed by atoms with van der Waals surface area (Å²) in [4.78, 5) is 15.8. The van der Waals surface area contributed by atoms with Gasteiger partial charge in [-0.1, -0.05) is 54.6 Å². The van der Waals surface area contributed by atoms with Crippen LogP contribution in [0.25, 0.3) is 38.7 Å². The van der Waals surface area contributed by atoms with Crippen LogP contribution in [0.2, 0.25) is 0 Å². The third kappa shape index (κ3) is 4.54. The molecule has 8 rings (SSSR count). The van der Waals surface area contributed by atoms with Gasteiger partial charge in [0.05, 0.1) is 11.4 Å². The first-order valence-electron chi connectivity index (χ1n) is 14.9. The normalized spacial score (nSPS) is 12.0. The van der Waals surface area contributed by atoms with Crippen molar-refractivity contribution in [3.05, 3.63) is 167 Å². The molecule has 0 spiro atoms. The average Bonchev–Trinajstić information content (AvgIpc) is 3.08. The van der Waals surface area contributed by atoms with Crippen molar-refractivity contribution in [2.45, 2.75) is 6.92 Å². The fraction of sp³-hybridized carbons (Fsp3) is 0.0250. The fourth-order valence-electron chi connectivity index (χ4n) is 6.34. The topological polar surface area (TPSA) is 34.5 Å². The maximum absolute atomic E-state index is 15.1. The van der Waals surface area contributed by atoms with Crippen LogP contribution in [0.4, 0.5) is 25.8 Å². The Morgan fingerprint density at radius 3 is 1.72 bits per heavy atom. The lowest BCUT2D eigenvalue weighted by atomic mass is 9.96. The van der Waals surface area contributed by atoms with Crippen LogP contribution in [0.1, 0.15) is 5.56 Å². The number of fused-ring (bicyclic) bond motifs is 7. The van der Waals surface area contributed by atoms with Crippen LogP contribution in [0.15, 0.2) is 144 Å². The summed E-state index contributed by atoms with van der Waals surface area (Å²) in [6, 6.07) is 39.5. The van der Waals surface area contributed by atoms with E-state index >= 15 is 8.78 Å². The van der Waals surface area contributed by atoms with E-state index in [1.807, 2.05) is 115 Å². The van der Waals surface area contributed by atoms with E-state index in [0.29, 0.717) is 50.5 Å². The van der Waals surface area contributed by atoms with Crippen LogP contribution in [0, 0.1) is 18.6 Å². The van der Waals surface area contributed by atoms with Crippen LogP contribution in [-0.4, -0.2) is 4.57 Å². The molecule has 0 aliphatic carbocycles. The van der Waals surface area contributed by atoms with Crippen molar-refractivity contribution in [1.82, 2.24) is 4.57 Å². The van der Waals surface area contributed by atoms with Gasteiger partial charge in [-0.15, -0.1) is 0 Å². The van der Waals surface area contributed by atoms with Crippen LogP contribution in [0.5, 0.6) is 11.5 Å². The van der Waals surface area contributed by atoms with Crippen molar-refractivity contribution < 1.29 is 13.5 Å². The Bertz CT molecular complexity index is 2270. The molecule has 0 amide bonds. The number of hydrogen-bond acceptors (Lipinski definition) is 3. The number of aromatic nitrogens is 1. The summed E-state index contributed by atoms with van der Waals surface area (Å²) >= 11 is 0. The van der Waals surface area contributed by atoms with E-state index in [2.05, 4.69) is 0 Å². The lowest BCUT2D eigenvalue weighted by Crippen LogP contribution is -2.19. The Kier molecular flexibility index (Phi) is 6.50. The average molecular weight is 605 g/mol. The number of rotatable bonds is 2. The van der Waals surface area contributed by atoms with Crippen molar-refractivity contribution in [1.29, 1.82) is 0 Å². The summed E-state index contributed by atoms with van der Waals surface area (Å²) in [5, 5.41) is 1.35. The standard InChI is InChI=1S/C40H26F2N2O2/c1-25-24-43(28-9-3-2-4-10-28)40(45)32-18-17-29(23-33(25)32)44-36-19-15-26(41)21-34(36)30-11-5-7-13-38(30)46-39-14-8-6-12-31(39)35-22-27(42)16-20-37(35)44/h2-24H,1H3. The third-order valence-electron chi connectivity index (χ3n) is 8.47. The lowest BCUT2D eigenvalue weighted by Gasteiger charge is -2.31. The molecule has 1 aliphatic heterocycles. The minimum absolute atomic E-state index is 0.135. The highest BCUT2D eigenvalue weighted by Crippen LogP contribution is 2.50. The second-order valence-corrected chi connectivity index (χ2v) is 11.3. The van der Waals surface area contributed by atoms with E-state index in [1.165, 1.54) is 24.3 Å². The molecule has 0 atom stereocenters. The number of para-hydroxylation sites is 3. The summed E-state index contributed by atoms with van der Waals surface area (Å²) in [6.45, 7) is 1.98. The van der Waals surface area contributed by atoms with Crippen molar-refractivity contribution in [3.63, 3.8) is 0 Å². The van der Waals surface area contributed by atoms with Crippen LogP contribution in [-0.2, 0) is 0 Å². The van der Waals surface area contributed by atoms with E-state index < -0.39 is 11.6 Å². The van der Waals surface area contributed by atoms with Gasteiger partial charge in [0.1, 0.15) is 23.1 Å². The summed E-state index contributed by atoms with van der Waals surface area (Å²) in [7, 11) is 0. The number of aryl methyl sites for hydroxylation is 1. The first kappa shape index (κ1) is 27.5. The van der Waals surface area contributed by atoms with Gasteiger partial charge in [0.15, 0.2) is 0 Å². The quantitative estimate of drug-likeness (QED) is 0.197. The molecule has 4 nitrogen and oxygen atoms in total.